The number of ether oxygens (including phenoxy) is 2. The smallest absolute Gasteiger partial charge is 0.261 e. The van der Waals surface area contributed by atoms with E-state index >= 15 is 0 Å². The highest BCUT2D eigenvalue weighted by Gasteiger charge is 2.18. The normalized spacial score (nSPS) is 11.7. The van der Waals surface area contributed by atoms with Crippen molar-refractivity contribution in [1.82, 2.24) is 5.32 Å². The quantitative estimate of drug-likeness (QED) is 0.640. The summed E-state index contributed by atoms with van der Waals surface area (Å²) in [4.78, 5) is 14.6. The molecule has 1 heterocycles. The summed E-state index contributed by atoms with van der Waals surface area (Å²) in [7, 11) is 3.29. The Balaban J connectivity index is 1.83. The van der Waals surface area contributed by atoms with Gasteiger partial charge in [-0.25, -0.2) is 0 Å². The maximum Gasteiger partial charge on any atom is 0.261 e. The topological polar surface area (TPSA) is 47.6 Å². The molecule has 3 aromatic rings. The van der Waals surface area contributed by atoms with Gasteiger partial charge in [0.2, 0.25) is 0 Å². The van der Waals surface area contributed by atoms with Gasteiger partial charge in [-0.3, -0.25) is 4.79 Å². The Morgan fingerprint density at radius 3 is 2.04 bits per heavy atom. The summed E-state index contributed by atoms with van der Waals surface area (Å²) in [5, 5.41) is 3.18. The molecular weight excluding hydrogens is 358 g/mol. The van der Waals surface area contributed by atoms with E-state index in [0.717, 1.165) is 32.4 Å². The van der Waals surface area contributed by atoms with Crippen molar-refractivity contribution in [2.24, 2.45) is 0 Å². The maximum absolute atomic E-state index is 12.7. The Labute approximate surface area is 163 Å². The molecule has 27 heavy (non-hydrogen) atoms. The van der Waals surface area contributed by atoms with Gasteiger partial charge in [0.15, 0.2) is 0 Å². The minimum absolute atomic E-state index is 0.0533. The summed E-state index contributed by atoms with van der Waals surface area (Å²) < 4.78 is 10.5. The van der Waals surface area contributed by atoms with Gasteiger partial charge in [0.05, 0.1) is 25.1 Å². The molecule has 0 radical (unpaired) electrons. The zero-order chi connectivity index (χ0) is 19.2. The molecule has 2 aromatic carbocycles. The molecule has 1 amide bonds. The molecule has 1 unspecified atom stereocenters. The van der Waals surface area contributed by atoms with E-state index in [4.69, 9.17) is 9.47 Å². The summed E-state index contributed by atoms with van der Waals surface area (Å²) in [6.45, 7) is 2.00. The zero-order valence-electron chi connectivity index (χ0n) is 15.7. The van der Waals surface area contributed by atoms with Crippen LogP contribution >= 0.6 is 11.3 Å². The number of hydrogen-bond donors (Lipinski definition) is 1. The van der Waals surface area contributed by atoms with Gasteiger partial charge in [-0.05, 0) is 60.9 Å². The first kappa shape index (κ1) is 19.0. The van der Waals surface area contributed by atoms with Crippen LogP contribution in [0.3, 0.4) is 0 Å². The molecular formula is C22H23NO3S. The average molecular weight is 381 g/mol. The van der Waals surface area contributed by atoms with Crippen LogP contribution in [0.2, 0.25) is 0 Å². The lowest BCUT2D eigenvalue weighted by Crippen LogP contribution is -2.29. The van der Waals surface area contributed by atoms with Gasteiger partial charge < -0.3 is 14.8 Å². The molecule has 3 rings (SSSR count). The minimum Gasteiger partial charge on any atom is -0.497 e. The Morgan fingerprint density at radius 1 is 0.926 bits per heavy atom. The predicted molar refractivity (Wildman–Crippen MR) is 109 cm³/mol. The second kappa shape index (κ2) is 8.73. The molecule has 140 valence electrons. The van der Waals surface area contributed by atoms with Crippen molar-refractivity contribution >= 4 is 17.2 Å². The van der Waals surface area contributed by atoms with Crippen molar-refractivity contribution in [2.45, 2.75) is 19.4 Å². The van der Waals surface area contributed by atoms with Gasteiger partial charge in [-0.2, -0.15) is 0 Å². The van der Waals surface area contributed by atoms with Crippen molar-refractivity contribution in [3.05, 3.63) is 81.5 Å². The van der Waals surface area contributed by atoms with E-state index in [1.54, 1.807) is 14.2 Å². The van der Waals surface area contributed by atoms with Crippen molar-refractivity contribution in [1.29, 1.82) is 0 Å². The summed E-state index contributed by atoms with van der Waals surface area (Å²) in [6.07, 6.45) is 0.687. The van der Waals surface area contributed by atoms with Crippen LogP contribution in [0.5, 0.6) is 11.5 Å². The largest absolute Gasteiger partial charge is 0.497 e. The van der Waals surface area contributed by atoms with E-state index in [0.29, 0.717) is 6.42 Å². The summed E-state index contributed by atoms with van der Waals surface area (Å²) >= 11 is 1.50. The van der Waals surface area contributed by atoms with Gasteiger partial charge in [0.1, 0.15) is 11.5 Å². The lowest BCUT2D eigenvalue weighted by Gasteiger charge is -2.20. The van der Waals surface area contributed by atoms with E-state index < -0.39 is 0 Å². The monoisotopic (exact) mass is 381 g/mol. The average Bonchev–Trinajstić information content (AvgIpc) is 3.14. The van der Waals surface area contributed by atoms with E-state index in [9.17, 15) is 4.79 Å². The van der Waals surface area contributed by atoms with Crippen LogP contribution in [0.15, 0.2) is 60.7 Å². The number of methoxy groups -OCH3 is 2. The van der Waals surface area contributed by atoms with Crippen LogP contribution in [-0.2, 0) is 6.42 Å². The van der Waals surface area contributed by atoms with E-state index in [1.165, 1.54) is 11.3 Å². The van der Waals surface area contributed by atoms with Crippen molar-refractivity contribution in [2.75, 3.05) is 14.2 Å². The molecule has 0 spiro atoms. The summed E-state index contributed by atoms with van der Waals surface area (Å²) in [5.41, 5.74) is 2.16. The molecule has 0 saturated heterocycles. The second-order valence-electron chi connectivity index (χ2n) is 6.26. The molecule has 1 N–H and O–H groups in total. The molecule has 4 nitrogen and oxygen atoms in total. The van der Waals surface area contributed by atoms with E-state index in [2.05, 4.69) is 5.32 Å². The van der Waals surface area contributed by atoms with Crippen molar-refractivity contribution in [3.8, 4) is 11.5 Å². The highest BCUT2D eigenvalue weighted by atomic mass is 32.1. The predicted octanol–water partition coefficient (Wildman–Crippen LogP) is 4.79. The number of hydrogen-bond acceptors (Lipinski definition) is 4. The first-order chi connectivity index (χ1) is 13.1. The molecule has 0 bridgehead atoms. The lowest BCUT2D eigenvalue weighted by molar-refractivity contribution is 0.0940. The summed E-state index contributed by atoms with van der Waals surface area (Å²) in [6, 6.07) is 19.4. The zero-order valence-corrected chi connectivity index (χ0v) is 16.5. The van der Waals surface area contributed by atoms with Gasteiger partial charge in [-0.15, -0.1) is 11.3 Å². The van der Waals surface area contributed by atoms with Crippen molar-refractivity contribution < 1.29 is 14.3 Å². The standard InChI is InChI=1S/C22H23NO3S/c1-15-4-13-21(27-15)22(24)23-20(17-7-11-19(26-3)12-8-17)14-16-5-9-18(25-2)10-6-16/h4-13,20H,14H2,1-3H3,(H,23,24). The molecule has 1 aromatic heterocycles. The maximum atomic E-state index is 12.7. The summed E-state index contributed by atoms with van der Waals surface area (Å²) in [5.74, 6) is 1.56. The number of thiophene rings is 1. The number of benzene rings is 2. The Morgan fingerprint density at radius 2 is 1.52 bits per heavy atom. The van der Waals surface area contributed by atoms with E-state index in [-0.39, 0.29) is 11.9 Å². The molecule has 0 aliphatic carbocycles. The fraction of sp³-hybridized carbons (Fsp3) is 0.227. The van der Waals surface area contributed by atoms with Crippen molar-refractivity contribution in [3.63, 3.8) is 0 Å². The number of aryl methyl sites for hydroxylation is 1. The second-order valence-corrected chi connectivity index (χ2v) is 7.55. The fourth-order valence-corrected chi connectivity index (χ4v) is 3.64. The van der Waals surface area contributed by atoms with Gasteiger partial charge in [-0.1, -0.05) is 24.3 Å². The van der Waals surface area contributed by atoms with Crippen LogP contribution < -0.4 is 14.8 Å². The third-order valence-electron chi connectivity index (χ3n) is 4.39. The lowest BCUT2D eigenvalue weighted by atomic mass is 9.98. The number of rotatable bonds is 7. The third-order valence-corrected chi connectivity index (χ3v) is 5.39. The molecule has 0 aliphatic rings. The minimum atomic E-state index is -0.140. The Bertz CT molecular complexity index is 885. The fourth-order valence-electron chi connectivity index (χ4n) is 2.87. The number of amides is 1. The van der Waals surface area contributed by atoms with Crippen LogP contribution in [-0.4, -0.2) is 20.1 Å². The van der Waals surface area contributed by atoms with Gasteiger partial charge >= 0.3 is 0 Å². The number of carbonyl (C=O) groups excluding carboxylic acids is 1. The van der Waals surface area contributed by atoms with Crippen LogP contribution in [0.4, 0.5) is 0 Å². The van der Waals surface area contributed by atoms with Crippen LogP contribution in [0.25, 0.3) is 0 Å². The first-order valence-electron chi connectivity index (χ1n) is 8.73. The highest BCUT2D eigenvalue weighted by Crippen LogP contribution is 2.24. The molecule has 0 aliphatic heterocycles. The van der Waals surface area contributed by atoms with Crippen LogP contribution in [0, 0.1) is 6.92 Å². The SMILES string of the molecule is COc1ccc(CC(NC(=O)c2ccc(C)s2)c2ccc(OC)cc2)cc1. The van der Waals surface area contributed by atoms with E-state index in [1.807, 2.05) is 67.6 Å². The Hall–Kier alpha value is -2.79. The number of nitrogens with one attached hydrogen (secondary N) is 1. The third kappa shape index (κ3) is 4.89. The van der Waals surface area contributed by atoms with Crippen LogP contribution in [0.1, 0.15) is 31.7 Å². The molecule has 0 fully saturated rings. The van der Waals surface area contributed by atoms with Gasteiger partial charge in [0, 0.05) is 4.88 Å². The highest BCUT2D eigenvalue weighted by molar-refractivity contribution is 7.13. The number of carbonyl (C=O) groups is 1. The molecule has 5 heteroatoms. The van der Waals surface area contributed by atoms with Gasteiger partial charge in [0.25, 0.3) is 5.91 Å². The first-order valence-corrected chi connectivity index (χ1v) is 9.55. The molecule has 0 saturated carbocycles. The molecule has 1 atom stereocenters. The Kier molecular flexibility index (Phi) is 6.14.